The van der Waals surface area contributed by atoms with Gasteiger partial charge in [-0.15, -0.1) is 0 Å². The van der Waals surface area contributed by atoms with Crippen LogP contribution in [0.4, 0.5) is 13.2 Å². The van der Waals surface area contributed by atoms with E-state index in [4.69, 9.17) is 11.5 Å². The summed E-state index contributed by atoms with van der Waals surface area (Å²) in [5.74, 6) is -2.25. The normalized spacial score (nSPS) is 21.8. The Morgan fingerprint density at radius 3 is 2.71 bits per heavy atom. The van der Waals surface area contributed by atoms with Crippen molar-refractivity contribution in [2.24, 2.45) is 22.8 Å². The quantitative estimate of drug-likeness (QED) is 0.355. The molecule has 38 heavy (non-hydrogen) atoms. The van der Waals surface area contributed by atoms with Crippen LogP contribution in [0.15, 0.2) is 60.1 Å². The second-order valence-corrected chi connectivity index (χ2v) is 12.4. The van der Waals surface area contributed by atoms with Gasteiger partial charge in [0.1, 0.15) is 11.6 Å². The second-order valence-electron chi connectivity index (χ2n) is 9.54. The molecular weight excluding hydrogens is 536 g/mol. The van der Waals surface area contributed by atoms with Crippen molar-refractivity contribution in [3.05, 3.63) is 77.2 Å². The largest absolute Gasteiger partial charge is 0.405 e. The van der Waals surface area contributed by atoms with Crippen LogP contribution in [0.5, 0.6) is 0 Å². The molecule has 0 bridgehead atoms. The molecule has 13 heteroatoms. The molecule has 0 radical (unpaired) electrons. The zero-order chi connectivity index (χ0) is 27.7. The molecule has 1 saturated carbocycles. The number of hydrogen-bond donors (Lipinski definition) is 2. The number of nitrogens with two attached hydrogens (primary N) is 2. The van der Waals surface area contributed by atoms with E-state index < -0.39 is 32.8 Å². The van der Waals surface area contributed by atoms with Crippen LogP contribution >= 0.6 is 9.24 Å². The lowest BCUT2D eigenvalue weighted by molar-refractivity contribution is 0.128. The highest BCUT2D eigenvalue weighted by Crippen LogP contribution is 2.53. The zero-order valence-electron chi connectivity index (χ0n) is 20.4. The number of aromatic nitrogens is 2. The highest BCUT2D eigenvalue weighted by molar-refractivity contribution is 7.89. The summed E-state index contributed by atoms with van der Waals surface area (Å²) in [7, 11) is -3.20. The summed E-state index contributed by atoms with van der Waals surface area (Å²) in [5, 5.41) is 14.8. The van der Waals surface area contributed by atoms with E-state index >= 15 is 0 Å². The fraction of sp³-hybridized carbons (Fsp3) is 0.360. The third kappa shape index (κ3) is 5.65. The number of benzene rings is 1. The van der Waals surface area contributed by atoms with E-state index in [-0.39, 0.29) is 31.0 Å². The fourth-order valence-corrected chi connectivity index (χ4v) is 7.25. The minimum absolute atomic E-state index is 0.119. The Labute approximate surface area is 221 Å². The first-order valence-corrected chi connectivity index (χ1v) is 14.0. The molecule has 8 nitrogen and oxygen atoms in total. The van der Waals surface area contributed by atoms with Gasteiger partial charge < -0.3 is 11.5 Å². The first-order chi connectivity index (χ1) is 17.9. The molecule has 202 valence electrons. The zero-order valence-corrected chi connectivity index (χ0v) is 22.4. The Bertz CT molecular complexity index is 1440. The van der Waals surface area contributed by atoms with Crippen LogP contribution in [-0.2, 0) is 16.4 Å². The van der Waals surface area contributed by atoms with Gasteiger partial charge in [0.15, 0.2) is 0 Å². The van der Waals surface area contributed by atoms with Crippen molar-refractivity contribution in [1.82, 2.24) is 14.1 Å². The maximum atomic E-state index is 13.8. The van der Waals surface area contributed by atoms with Gasteiger partial charge in [0.25, 0.3) is 5.66 Å². The maximum absolute atomic E-state index is 13.8. The topological polar surface area (TPSA) is 131 Å². The molecule has 3 unspecified atom stereocenters. The smallest absolute Gasteiger partial charge is 0.274 e. The summed E-state index contributed by atoms with van der Waals surface area (Å²) in [5.41, 5.74) is 9.88. The van der Waals surface area contributed by atoms with Crippen LogP contribution in [-0.4, -0.2) is 47.0 Å². The van der Waals surface area contributed by atoms with Crippen molar-refractivity contribution in [2.75, 3.05) is 18.8 Å². The molecule has 0 amide bonds. The summed E-state index contributed by atoms with van der Waals surface area (Å²) in [4.78, 5) is 0. The van der Waals surface area contributed by atoms with Gasteiger partial charge in [-0.1, -0.05) is 9.24 Å². The van der Waals surface area contributed by atoms with Gasteiger partial charge in [-0.3, -0.25) is 0 Å². The molecule has 2 aromatic rings. The molecule has 1 aromatic carbocycles. The number of nitriles is 1. The summed E-state index contributed by atoms with van der Waals surface area (Å²) >= 11 is 0. The molecule has 1 aromatic heterocycles. The Morgan fingerprint density at radius 1 is 1.37 bits per heavy atom. The molecule has 1 fully saturated rings. The maximum Gasteiger partial charge on any atom is 0.274 e. The lowest BCUT2D eigenvalue weighted by Gasteiger charge is -2.36. The molecule has 0 aliphatic heterocycles. The van der Waals surface area contributed by atoms with Crippen molar-refractivity contribution >= 4 is 25.3 Å². The Morgan fingerprint density at radius 2 is 2.08 bits per heavy atom. The van der Waals surface area contributed by atoms with E-state index in [1.54, 1.807) is 23.0 Å². The van der Waals surface area contributed by atoms with Crippen molar-refractivity contribution in [3.8, 4) is 11.8 Å². The number of halogens is 3. The number of fused-ring (bicyclic) bond motifs is 2. The number of nitrogens with zero attached hydrogens (tertiary/aromatic N) is 4. The van der Waals surface area contributed by atoms with Gasteiger partial charge in [-0.2, -0.15) is 14.7 Å². The molecular formula is C25H28F3N6O2PS. The van der Waals surface area contributed by atoms with E-state index in [1.165, 1.54) is 39.7 Å². The number of alkyl halides is 2. The third-order valence-corrected chi connectivity index (χ3v) is 9.26. The number of rotatable bonds is 9. The van der Waals surface area contributed by atoms with Crippen LogP contribution < -0.4 is 11.5 Å². The summed E-state index contributed by atoms with van der Waals surface area (Å²) in [6.07, 6.45) is 8.86. The summed E-state index contributed by atoms with van der Waals surface area (Å²) in [6, 6.07) is 8.30. The number of allylic oxidation sites excluding steroid dienone is 3. The average Bonchev–Trinajstić information content (AvgIpc) is 3.41. The Kier molecular flexibility index (Phi) is 7.75. The third-order valence-electron chi connectivity index (χ3n) is 6.94. The first kappa shape index (κ1) is 27.9. The van der Waals surface area contributed by atoms with Crippen molar-refractivity contribution in [2.45, 2.75) is 24.9 Å². The van der Waals surface area contributed by atoms with Crippen LogP contribution in [0.2, 0.25) is 0 Å². The molecule has 0 spiro atoms. The number of hydrogen-bond acceptors (Lipinski definition) is 6. The van der Waals surface area contributed by atoms with E-state index in [9.17, 15) is 26.9 Å². The molecule has 2 aliphatic carbocycles. The Hall–Kier alpha value is -3.13. The van der Waals surface area contributed by atoms with Crippen molar-refractivity contribution in [1.29, 1.82) is 5.26 Å². The van der Waals surface area contributed by atoms with E-state index in [0.29, 0.717) is 18.5 Å². The SMILES string of the molecule is N#CC12Cc3cnn(-c4ccc(F)cc4)c3C=C1CCC2CN(C/C(N)=C/C=C\N)S(=O)(=O)CC(F)(F)P. The number of sulfonamides is 1. The molecule has 3 atom stereocenters. The van der Waals surface area contributed by atoms with Crippen molar-refractivity contribution < 1.29 is 21.6 Å². The summed E-state index contributed by atoms with van der Waals surface area (Å²) < 4.78 is 69.6. The lowest BCUT2D eigenvalue weighted by atomic mass is 9.69. The fourth-order valence-electron chi connectivity index (χ4n) is 5.20. The van der Waals surface area contributed by atoms with Gasteiger partial charge in [0.2, 0.25) is 10.0 Å². The molecule has 2 aliphatic rings. The lowest BCUT2D eigenvalue weighted by Crippen LogP contribution is -2.45. The predicted octanol–water partition coefficient (Wildman–Crippen LogP) is 3.29. The van der Waals surface area contributed by atoms with E-state index in [2.05, 4.69) is 11.2 Å². The van der Waals surface area contributed by atoms with Gasteiger partial charge in [-0.25, -0.2) is 26.3 Å². The highest BCUT2D eigenvalue weighted by Gasteiger charge is 2.51. The minimum atomic E-state index is -4.45. The monoisotopic (exact) mass is 564 g/mol. The van der Waals surface area contributed by atoms with Gasteiger partial charge in [0.05, 0.1) is 35.6 Å². The molecule has 4 rings (SSSR count). The van der Waals surface area contributed by atoms with Crippen molar-refractivity contribution in [3.63, 3.8) is 0 Å². The van der Waals surface area contributed by atoms with Gasteiger partial charge >= 0.3 is 0 Å². The second kappa shape index (κ2) is 10.6. The standard InChI is InChI=1S/C25H28F3N6O2PS/c26-20-5-7-22(8-6-20)34-23-10-18-3-4-19(24(18,15-30)11-17(23)12-32-34)13-33(14-21(31)2-1-9-29)38(35,36)16-25(27,28)37/h1-2,5-10,12,19H,3-4,11,13-14,16,29,31,37H2/b9-1-,21-2-. The van der Waals surface area contributed by atoms with Crippen LogP contribution in [0.25, 0.3) is 11.8 Å². The summed E-state index contributed by atoms with van der Waals surface area (Å²) in [6.45, 7) is -0.478. The minimum Gasteiger partial charge on any atom is -0.405 e. The predicted molar refractivity (Wildman–Crippen MR) is 142 cm³/mol. The van der Waals surface area contributed by atoms with E-state index in [0.717, 1.165) is 21.1 Å². The Balaban J connectivity index is 1.67. The average molecular weight is 565 g/mol. The van der Waals surface area contributed by atoms with Crippen LogP contribution in [0.1, 0.15) is 24.1 Å². The molecule has 1 heterocycles. The highest BCUT2D eigenvalue weighted by atomic mass is 32.2. The van der Waals surface area contributed by atoms with Gasteiger partial charge in [-0.05, 0) is 85.0 Å². The van der Waals surface area contributed by atoms with E-state index in [1.807, 2.05) is 6.08 Å². The first-order valence-electron chi connectivity index (χ1n) is 11.8. The molecule has 0 saturated heterocycles. The van der Waals surface area contributed by atoms with Gasteiger partial charge in [0, 0.05) is 12.2 Å². The van der Waals surface area contributed by atoms with Crippen LogP contribution in [0.3, 0.4) is 0 Å². The van der Waals surface area contributed by atoms with Crippen LogP contribution in [0, 0.1) is 28.5 Å². The molecule has 4 N–H and O–H groups in total.